The van der Waals surface area contributed by atoms with Crippen LogP contribution in [0.3, 0.4) is 0 Å². The molecule has 2 aromatic carbocycles. The topological polar surface area (TPSA) is 83.5 Å². The van der Waals surface area contributed by atoms with E-state index in [-0.39, 0.29) is 17.8 Å². The molecule has 41 heavy (non-hydrogen) atoms. The normalized spacial score (nSPS) is 16.4. The van der Waals surface area contributed by atoms with Gasteiger partial charge in [0.1, 0.15) is 5.52 Å². The molecule has 8 nitrogen and oxygen atoms in total. The minimum Gasteiger partial charge on any atom is -0.437 e. The number of nitrogens with zero attached hydrogens (tertiary/aromatic N) is 5. The van der Waals surface area contributed by atoms with E-state index in [1.165, 1.54) is 30.4 Å². The molecule has 3 heterocycles. The van der Waals surface area contributed by atoms with Crippen LogP contribution in [0.15, 0.2) is 48.5 Å². The zero-order valence-corrected chi connectivity index (χ0v) is 24.0. The maximum Gasteiger partial charge on any atom is 0.416 e. The molecule has 0 bridgehead atoms. The second kappa shape index (κ2) is 11.6. The number of anilines is 2. The van der Waals surface area contributed by atoms with Gasteiger partial charge in [-0.2, -0.15) is 18.2 Å². The number of nitrogens with one attached hydrogen (secondary N) is 1. The fraction of sp³-hybridized carbons (Fsp3) is 0.379. The van der Waals surface area contributed by atoms with Gasteiger partial charge < -0.3 is 15.0 Å². The minimum absolute atomic E-state index is 0.226. The Morgan fingerprint density at radius 2 is 1.88 bits per heavy atom. The van der Waals surface area contributed by atoms with Gasteiger partial charge in [0, 0.05) is 50.8 Å². The van der Waals surface area contributed by atoms with E-state index in [2.05, 4.69) is 40.9 Å². The third kappa shape index (κ3) is 6.76. The lowest BCUT2D eigenvalue weighted by atomic mass is 10.1. The van der Waals surface area contributed by atoms with Crippen LogP contribution >= 0.6 is 11.3 Å². The maximum atomic E-state index is 13.2. The molecule has 2 aromatic heterocycles. The number of amides is 1. The highest BCUT2D eigenvalue weighted by atomic mass is 32.1. The molecule has 1 amide bonds. The predicted molar refractivity (Wildman–Crippen MR) is 155 cm³/mol. The number of hydrogen-bond acceptors (Lipinski definition) is 8. The number of hydrogen-bond donors (Lipinski definition) is 1. The van der Waals surface area contributed by atoms with E-state index in [1.807, 2.05) is 12.1 Å². The Hall–Kier alpha value is -3.77. The lowest BCUT2D eigenvalue weighted by molar-refractivity contribution is -0.137. The zero-order valence-electron chi connectivity index (χ0n) is 23.2. The average Bonchev–Trinajstić information content (AvgIpc) is 3.32. The molecule has 4 aromatic rings. The van der Waals surface area contributed by atoms with Crippen molar-refractivity contribution in [3.05, 3.63) is 54.1 Å². The number of thiazole rings is 1. The van der Waals surface area contributed by atoms with E-state index in [0.29, 0.717) is 52.6 Å². The Morgan fingerprint density at radius 1 is 1.12 bits per heavy atom. The molecule has 1 fully saturated rings. The van der Waals surface area contributed by atoms with Crippen LogP contribution in [0, 0.1) is 5.92 Å². The largest absolute Gasteiger partial charge is 0.437 e. The fourth-order valence-electron chi connectivity index (χ4n) is 4.82. The highest BCUT2D eigenvalue weighted by Gasteiger charge is 2.30. The molecule has 5 rings (SSSR count). The van der Waals surface area contributed by atoms with Crippen molar-refractivity contribution >= 4 is 38.5 Å². The van der Waals surface area contributed by atoms with E-state index < -0.39 is 11.7 Å². The first-order valence-electron chi connectivity index (χ1n) is 13.4. The molecule has 0 unspecified atom stereocenters. The first-order valence-corrected chi connectivity index (χ1v) is 14.2. The number of halogens is 3. The first kappa shape index (κ1) is 28.7. The average molecular weight is 585 g/mol. The maximum absolute atomic E-state index is 13.2. The highest BCUT2D eigenvalue weighted by molar-refractivity contribution is 7.22. The van der Waals surface area contributed by atoms with Gasteiger partial charge in [0.05, 0.1) is 16.0 Å². The summed E-state index contributed by atoms with van der Waals surface area (Å²) in [4.78, 5) is 30.0. The summed E-state index contributed by atoms with van der Waals surface area (Å²) in [5, 5.41) is 3.15. The minimum atomic E-state index is -4.43. The van der Waals surface area contributed by atoms with E-state index >= 15 is 0 Å². The molecule has 0 aliphatic carbocycles. The molecule has 1 atom stereocenters. The predicted octanol–water partition coefficient (Wildman–Crippen LogP) is 6.69. The summed E-state index contributed by atoms with van der Waals surface area (Å²) in [7, 11) is 0. The van der Waals surface area contributed by atoms with Gasteiger partial charge in [0.2, 0.25) is 17.7 Å². The Labute approximate surface area is 240 Å². The second-order valence-electron chi connectivity index (χ2n) is 10.6. The van der Waals surface area contributed by atoms with Crippen LogP contribution in [0.4, 0.5) is 24.3 Å². The first-order chi connectivity index (χ1) is 19.5. The molecule has 0 spiro atoms. The second-order valence-corrected chi connectivity index (χ2v) is 11.6. The Bertz CT molecular complexity index is 1540. The van der Waals surface area contributed by atoms with Crippen molar-refractivity contribution in [2.45, 2.75) is 39.9 Å². The number of alkyl halides is 3. The van der Waals surface area contributed by atoms with E-state index in [9.17, 15) is 18.0 Å². The number of carbonyl (C=O) groups is 1. The number of benzene rings is 2. The van der Waals surface area contributed by atoms with Crippen molar-refractivity contribution in [1.29, 1.82) is 0 Å². The molecule has 1 aliphatic rings. The van der Waals surface area contributed by atoms with Crippen LogP contribution in [0.25, 0.3) is 21.5 Å². The van der Waals surface area contributed by atoms with Crippen molar-refractivity contribution < 1.29 is 22.7 Å². The van der Waals surface area contributed by atoms with Gasteiger partial charge in [-0.3, -0.25) is 9.69 Å². The molecule has 1 saturated heterocycles. The quantitative estimate of drug-likeness (QED) is 0.259. The molecule has 12 heteroatoms. The van der Waals surface area contributed by atoms with E-state index in [0.717, 1.165) is 29.9 Å². The van der Waals surface area contributed by atoms with Crippen LogP contribution in [-0.2, 0) is 11.0 Å². The highest BCUT2D eigenvalue weighted by Crippen LogP contribution is 2.36. The molecule has 0 radical (unpaired) electrons. The molecule has 216 valence electrons. The van der Waals surface area contributed by atoms with Gasteiger partial charge in [-0.1, -0.05) is 43.4 Å². The summed E-state index contributed by atoms with van der Waals surface area (Å²) in [5.41, 5.74) is 0.791. The number of fused-ring (bicyclic) bond motifs is 1. The van der Waals surface area contributed by atoms with Crippen molar-refractivity contribution in [2.24, 2.45) is 5.92 Å². The molecular formula is C29H31F3N6O2S. The Morgan fingerprint density at radius 3 is 2.54 bits per heavy atom. The van der Waals surface area contributed by atoms with Crippen LogP contribution in [0.5, 0.6) is 11.6 Å². The molecule has 0 saturated carbocycles. The number of aromatic nitrogens is 3. The van der Waals surface area contributed by atoms with Gasteiger partial charge in [-0.25, -0.2) is 9.97 Å². The van der Waals surface area contributed by atoms with Gasteiger partial charge >= 0.3 is 6.18 Å². The van der Waals surface area contributed by atoms with Crippen LogP contribution in [0.2, 0.25) is 0 Å². The standard InChI is InChI=1S/C29H31F3N6O2S/c1-17(2)15-37-12-13-38(16-18(37)3)27-34-22(20-8-10-21(11-9-20)29(30,31)32)14-25(35-27)40-23-6-5-7-24-26(23)36-28(41-24)33-19(4)39/h5-11,14,17-18H,12-13,15-16H2,1-4H3,(H,33,36,39)/t18-/m1/s1. The number of ether oxygens (including phenoxy) is 1. The zero-order chi connectivity index (χ0) is 29.3. The van der Waals surface area contributed by atoms with Gasteiger partial charge in [-0.05, 0) is 37.1 Å². The van der Waals surface area contributed by atoms with Gasteiger partial charge in [-0.15, -0.1) is 0 Å². The summed E-state index contributed by atoms with van der Waals surface area (Å²) in [6, 6.07) is 12.2. The number of para-hydroxylation sites is 1. The third-order valence-corrected chi connectivity index (χ3v) is 7.66. The van der Waals surface area contributed by atoms with Crippen LogP contribution in [-0.4, -0.2) is 58.0 Å². The van der Waals surface area contributed by atoms with E-state index in [1.54, 1.807) is 12.1 Å². The van der Waals surface area contributed by atoms with Crippen molar-refractivity contribution in [3.63, 3.8) is 0 Å². The molecule has 1 N–H and O–H groups in total. The summed E-state index contributed by atoms with van der Waals surface area (Å²) in [5.74, 6) is 1.44. The summed E-state index contributed by atoms with van der Waals surface area (Å²) in [6.45, 7) is 11.2. The Kier molecular flexibility index (Phi) is 8.14. The molecular weight excluding hydrogens is 553 g/mol. The fourth-order valence-corrected chi connectivity index (χ4v) is 5.75. The number of rotatable bonds is 7. The van der Waals surface area contributed by atoms with Crippen molar-refractivity contribution in [1.82, 2.24) is 19.9 Å². The SMILES string of the molecule is CC(=O)Nc1nc2c(Oc3cc(-c4ccc(C(F)(F)F)cc4)nc(N4CCN(CC(C)C)[C@H](C)C4)n3)cccc2s1. The van der Waals surface area contributed by atoms with Crippen molar-refractivity contribution in [3.8, 4) is 22.9 Å². The van der Waals surface area contributed by atoms with Crippen LogP contribution < -0.4 is 15.0 Å². The van der Waals surface area contributed by atoms with E-state index in [4.69, 9.17) is 14.7 Å². The smallest absolute Gasteiger partial charge is 0.416 e. The Balaban J connectivity index is 1.51. The summed E-state index contributed by atoms with van der Waals surface area (Å²) < 4.78 is 46.7. The number of piperazine rings is 1. The van der Waals surface area contributed by atoms with Crippen LogP contribution in [0.1, 0.15) is 33.3 Å². The molecule has 1 aliphatic heterocycles. The van der Waals surface area contributed by atoms with Gasteiger partial charge in [0.25, 0.3) is 0 Å². The van der Waals surface area contributed by atoms with Gasteiger partial charge in [0.15, 0.2) is 10.9 Å². The lowest BCUT2D eigenvalue weighted by Gasteiger charge is -2.40. The van der Waals surface area contributed by atoms with Crippen molar-refractivity contribution in [2.75, 3.05) is 36.4 Å². The monoisotopic (exact) mass is 584 g/mol. The summed E-state index contributed by atoms with van der Waals surface area (Å²) in [6.07, 6.45) is -4.43. The number of carbonyl (C=O) groups excluding carboxylic acids is 1. The summed E-state index contributed by atoms with van der Waals surface area (Å²) >= 11 is 1.32. The third-order valence-electron chi connectivity index (χ3n) is 6.73. The lowest BCUT2D eigenvalue weighted by Crippen LogP contribution is -2.53.